The molecule has 5 nitrogen and oxygen atoms in total. The molecule has 4 fully saturated rings. The minimum Gasteiger partial charge on any atom is -0.390 e. The number of benzene rings is 1. The van der Waals surface area contributed by atoms with Crippen molar-refractivity contribution < 1.29 is 19.4 Å². The van der Waals surface area contributed by atoms with Crippen LogP contribution in [0.3, 0.4) is 0 Å². The lowest BCUT2D eigenvalue weighted by molar-refractivity contribution is -0.159. The largest absolute Gasteiger partial charge is 0.390 e. The van der Waals surface area contributed by atoms with E-state index in [0.717, 1.165) is 32.2 Å². The van der Waals surface area contributed by atoms with Crippen LogP contribution in [-0.2, 0) is 4.79 Å². The van der Waals surface area contributed by atoms with Gasteiger partial charge in [0.25, 0.3) is 0 Å². The molecular weight excluding hydrogens is 419 g/mol. The zero-order valence-corrected chi connectivity index (χ0v) is 19.0. The first-order valence-electron chi connectivity index (χ1n) is 11.5. The topological polar surface area (TPSA) is 72.8 Å². The van der Waals surface area contributed by atoms with Crippen LogP contribution in [0.25, 0.3) is 0 Å². The second-order valence-corrected chi connectivity index (χ2v) is 10.2. The number of amides is 1. The van der Waals surface area contributed by atoms with Gasteiger partial charge >= 0.3 is 0 Å². The van der Waals surface area contributed by atoms with Crippen LogP contribution < -0.4 is 5.32 Å². The molecule has 3 aliphatic heterocycles. The Morgan fingerprint density at radius 2 is 1.74 bits per heavy atom. The van der Waals surface area contributed by atoms with Gasteiger partial charge in [0.2, 0.25) is 5.91 Å². The van der Waals surface area contributed by atoms with Crippen molar-refractivity contribution in [3.63, 3.8) is 0 Å². The van der Waals surface area contributed by atoms with E-state index in [4.69, 9.17) is 0 Å². The molecule has 1 aromatic carbocycles. The highest BCUT2D eigenvalue weighted by atomic mass is 35.5. The molecule has 31 heavy (non-hydrogen) atoms. The lowest BCUT2D eigenvalue weighted by Crippen LogP contribution is -2.58. The summed E-state index contributed by atoms with van der Waals surface area (Å²) in [5, 5.41) is 24.5. The lowest BCUT2D eigenvalue weighted by atomic mass is 9.65. The number of carbonyl (C=O) groups excluding carboxylic acids is 1. The SMILES string of the molecule is Cc1cc(C2C[C@H]3CC[C@@H](C2)N3C(=O)[C@H]2[C@@H](C)[C@H](O)[C@@H](O)[C@H]3CNC[C@@H]32)ccc1F.Cl. The number of nitrogens with one attached hydrogen (secondary N) is 1. The van der Waals surface area contributed by atoms with Crippen molar-refractivity contribution in [2.45, 2.75) is 69.7 Å². The monoisotopic (exact) mass is 452 g/mol. The summed E-state index contributed by atoms with van der Waals surface area (Å²) < 4.78 is 13.7. The van der Waals surface area contributed by atoms with E-state index in [1.807, 2.05) is 26.0 Å². The van der Waals surface area contributed by atoms with Crippen LogP contribution in [0.2, 0.25) is 0 Å². The number of fused-ring (bicyclic) bond motifs is 3. The lowest BCUT2D eigenvalue weighted by Gasteiger charge is -2.47. The molecular formula is C24H34ClFN2O3. The molecule has 3 N–H and O–H groups in total. The zero-order valence-electron chi connectivity index (χ0n) is 18.2. The quantitative estimate of drug-likeness (QED) is 0.645. The van der Waals surface area contributed by atoms with Crippen LogP contribution in [0.1, 0.15) is 49.7 Å². The average Bonchev–Trinajstić information content (AvgIpc) is 3.30. The van der Waals surface area contributed by atoms with Gasteiger partial charge in [0.05, 0.1) is 12.2 Å². The Hall–Kier alpha value is -1.21. The molecule has 4 aliphatic rings. The number of aryl methyl sites for hydroxylation is 1. The highest BCUT2D eigenvalue weighted by molar-refractivity contribution is 5.85. The van der Waals surface area contributed by atoms with E-state index in [1.165, 1.54) is 5.56 Å². The van der Waals surface area contributed by atoms with Crippen molar-refractivity contribution in [2.24, 2.45) is 23.7 Å². The van der Waals surface area contributed by atoms with Gasteiger partial charge in [-0.2, -0.15) is 0 Å². The van der Waals surface area contributed by atoms with Crippen molar-refractivity contribution in [3.05, 3.63) is 35.1 Å². The fourth-order valence-corrected chi connectivity index (χ4v) is 6.96. The summed E-state index contributed by atoms with van der Waals surface area (Å²) in [5.41, 5.74) is 1.87. The molecule has 172 valence electrons. The van der Waals surface area contributed by atoms with Crippen LogP contribution in [-0.4, -0.2) is 58.4 Å². The van der Waals surface area contributed by atoms with Crippen LogP contribution in [0.4, 0.5) is 4.39 Å². The molecule has 1 unspecified atom stereocenters. The maximum absolute atomic E-state index is 13.8. The molecule has 7 heteroatoms. The molecule has 5 rings (SSSR count). The number of rotatable bonds is 2. The number of aliphatic hydroxyl groups is 2. The Morgan fingerprint density at radius 3 is 2.39 bits per heavy atom. The van der Waals surface area contributed by atoms with Crippen LogP contribution in [0, 0.1) is 36.4 Å². The summed E-state index contributed by atoms with van der Waals surface area (Å²) in [6.45, 7) is 5.12. The van der Waals surface area contributed by atoms with Gasteiger partial charge in [-0.25, -0.2) is 4.39 Å². The van der Waals surface area contributed by atoms with Crippen LogP contribution >= 0.6 is 12.4 Å². The summed E-state index contributed by atoms with van der Waals surface area (Å²) in [7, 11) is 0. The number of hydrogen-bond acceptors (Lipinski definition) is 4. The normalized spacial score (nSPS) is 41.6. The van der Waals surface area contributed by atoms with Crippen molar-refractivity contribution in [1.29, 1.82) is 0 Å². The molecule has 3 saturated heterocycles. The summed E-state index contributed by atoms with van der Waals surface area (Å²) in [6.07, 6.45) is 2.28. The Kier molecular flexibility index (Phi) is 6.39. The van der Waals surface area contributed by atoms with Gasteiger partial charge in [0.1, 0.15) is 5.82 Å². The van der Waals surface area contributed by atoms with Crippen LogP contribution in [0.15, 0.2) is 18.2 Å². The number of nitrogens with zero attached hydrogens (tertiary/aromatic N) is 1. The fourth-order valence-electron chi connectivity index (χ4n) is 6.96. The highest BCUT2D eigenvalue weighted by Gasteiger charge is 2.55. The zero-order chi connectivity index (χ0) is 21.2. The van der Waals surface area contributed by atoms with Crippen molar-refractivity contribution >= 4 is 18.3 Å². The summed E-state index contributed by atoms with van der Waals surface area (Å²) >= 11 is 0. The molecule has 1 aliphatic carbocycles. The minimum absolute atomic E-state index is 0. The maximum atomic E-state index is 13.8. The number of aliphatic hydroxyl groups excluding tert-OH is 2. The predicted octanol–water partition coefficient (Wildman–Crippen LogP) is 2.62. The van der Waals surface area contributed by atoms with E-state index in [-0.39, 0.29) is 59.9 Å². The number of carbonyl (C=O) groups is 1. The van der Waals surface area contributed by atoms with Gasteiger partial charge in [0.15, 0.2) is 0 Å². The fraction of sp³-hybridized carbons (Fsp3) is 0.708. The van der Waals surface area contributed by atoms with Gasteiger partial charge in [0, 0.05) is 30.5 Å². The van der Waals surface area contributed by atoms with Crippen LogP contribution in [0.5, 0.6) is 0 Å². The Labute approximate surface area is 189 Å². The molecule has 3 heterocycles. The average molecular weight is 453 g/mol. The van der Waals surface area contributed by atoms with E-state index < -0.39 is 12.2 Å². The molecule has 1 amide bonds. The molecule has 2 bridgehead atoms. The number of piperidine rings is 1. The number of halogens is 2. The minimum atomic E-state index is -0.850. The smallest absolute Gasteiger partial charge is 0.226 e. The van der Waals surface area contributed by atoms with Crippen molar-refractivity contribution in [1.82, 2.24) is 10.2 Å². The first kappa shape index (κ1) is 23.0. The third-order valence-electron chi connectivity index (χ3n) is 8.59. The second kappa shape index (κ2) is 8.62. The van der Waals surface area contributed by atoms with E-state index in [2.05, 4.69) is 10.2 Å². The van der Waals surface area contributed by atoms with E-state index in [9.17, 15) is 19.4 Å². The summed E-state index contributed by atoms with van der Waals surface area (Å²) in [5.74, 6) is -0.0793. The van der Waals surface area contributed by atoms with E-state index in [0.29, 0.717) is 18.0 Å². The van der Waals surface area contributed by atoms with Gasteiger partial charge in [-0.3, -0.25) is 4.79 Å². The Bertz CT molecular complexity index is 825. The highest BCUT2D eigenvalue weighted by Crippen LogP contribution is 2.47. The Morgan fingerprint density at radius 1 is 1.10 bits per heavy atom. The van der Waals surface area contributed by atoms with Gasteiger partial charge in [-0.05, 0) is 74.1 Å². The van der Waals surface area contributed by atoms with Gasteiger partial charge < -0.3 is 20.4 Å². The summed E-state index contributed by atoms with van der Waals surface area (Å²) in [6, 6.07) is 5.87. The van der Waals surface area contributed by atoms with Crippen molar-refractivity contribution in [2.75, 3.05) is 13.1 Å². The first-order valence-corrected chi connectivity index (χ1v) is 11.5. The molecule has 1 saturated carbocycles. The Balaban J connectivity index is 0.00000231. The van der Waals surface area contributed by atoms with Crippen molar-refractivity contribution in [3.8, 4) is 0 Å². The molecule has 0 aromatic heterocycles. The third kappa shape index (κ3) is 3.69. The number of hydrogen-bond donors (Lipinski definition) is 3. The maximum Gasteiger partial charge on any atom is 0.226 e. The van der Waals surface area contributed by atoms with Gasteiger partial charge in [-0.15, -0.1) is 12.4 Å². The summed E-state index contributed by atoms with van der Waals surface area (Å²) in [4.78, 5) is 15.9. The molecule has 1 aromatic rings. The van der Waals surface area contributed by atoms with E-state index >= 15 is 0 Å². The van der Waals surface area contributed by atoms with E-state index in [1.54, 1.807) is 6.07 Å². The predicted molar refractivity (Wildman–Crippen MR) is 119 cm³/mol. The molecule has 9 atom stereocenters. The second-order valence-electron chi connectivity index (χ2n) is 10.2. The van der Waals surface area contributed by atoms with Gasteiger partial charge in [-0.1, -0.05) is 19.1 Å². The molecule has 0 spiro atoms. The molecule has 0 radical (unpaired) electrons. The first-order chi connectivity index (χ1) is 14.4. The standard InChI is InChI=1S/C24H33FN2O3.ClH/c1-12-7-14(3-6-20(12)25)15-8-16-4-5-17(9-15)27(16)24(30)21-13(2)22(28)23(29)19-11-26-10-18(19)21;/h3,6-7,13,15-19,21-23,26,28-29H,4-5,8-11H2,1-2H3;1H/t13-,15?,16-,17+,18+,19+,21+,22+,23+;/m1./s1. The third-order valence-corrected chi connectivity index (χ3v) is 8.59.